The molecule has 0 radical (unpaired) electrons. The van der Waals surface area contributed by atoms with Crippen LogP contribution >= 0.6 is 22.9 Å². The predicted octanol–water partition coefficient (Wildman–Crippen LogP) is 2.14. The van der Waals surface area contributed by atoms with Crippen LogP contribution in [0.1, 0.15) is 10.4 Å². The number of hydrogen-bond acceptors (Lipinski definition) is 3. The number of hydrogen-bond donors (Lipinski definition) is 0. The lowest BCUT2D eigenvalue weighted by molar-refractivity contribution is 1.48. The Bertz CT molecular complexity index is 328. The Kier molecular flexibility index (Phi) is 1.91. The average molecular weight is 169 g/mol. The Morgan fingerprint density at radius 3 is 2.50 bits per heavy atom. The van der Waals surface area contributed by atoms with Crippen molar-refractivity contribution >= 4 is 22.9 Å². The maximum absolute atomic E-state index is 8.44. The van der Waals surface area contributed by atoms with E-state index in [1.165, 1.54) is 11.3 Å². The highest BCUT2D eigenvalue weighted by atomic mass is 35.5. The zero-order valence-corrected chi connectivity index (χ0v) is 6.33. The molecular weight excluding hydrogens is 168 g/mol. The van der Waals surface area contributed by atoms with E-state index in [-0.39, 0.29) is 5.56 Å². The second kappa shape index (κ2) is 2.70. The van der Waals surface area contributed by atoms with Gasteiger partial charge in [0.05, 0.1) is 10.6 Å². The van der Waals surface area contributed by atoms with Crippen LogP contribution in [0.15, 0.2) is 5.38 Å². The third-order valence-corrected chi connectivity index (χ3v) is 2.27. The van der Waals surface area contributed by atoms with E-state index in [0.29, 0.717) is 9.90 Å². The smallest absolute Gasteiger partial charge is 0.124 e. The number of thiophene rings is 1. The summed E-state index contributed by atoms with van der Waals surface area (Å²) in [6, 6.07) is 3.73. The predicted molar refractivity (Wildman–Crippen MR) is 38.8 cm³/mol. The number of rotatable bonds is 0. The summed E-state index contributed by atoms with van der Waals surface area (Å²) in [5.74, 6) is 0. The van der Waals surface area contributed by atoms with E-state index in [1.807, 2.05) is 12.1 Å². The molecule has 48 valence electrons. The number of nitriles is 2. The van der Waals surface area contributed by atoms with Crippen LogP contribution in [0.4, 0.5) is 0 Å². The molecule has 0 aliphatic heterocycles. The third-order valence-electron chi connectivity index (χ3n) is 0.959. The minimum atomic E-state index is 0.286. The normalized spacial score (nSPS) is 8.30. The largest absolute Gasteiger partial charge is 0.192 e. The highest BCUT2D eigenvalue weighted by molar-refractivity contribution is 7.11. The van der Waals surface area contributed by atoms with Crippen molar-refractivity contribution in [3.8, 4) is 12.1 Å². The fourth-order valence-electron chi connectivity index (χ4n) is 0.523. The summed E-state index contributed by atoms with van der Waals surface area (Å²) in [6.45, 7) is 0. The summed E-state index contributed by atoms with van der Waals surface area (Å²) in [7, 11) is 0. The van der Waals surface area contributed by atoms with Crippen molar-refractivity contribution < 1.29 is 0 Å². The molecule has 1 aromatic heterocycles. The van der Waals surface area contributed by atoms with Gasteiger partial charge >= 0.3 is 0 Å². The first kappa shape index (κ1) is 7.08. The first-order chi connectivity index (χ1) is 4.79. The molecule has 0 fully saturated rings. The summed E-state index contributed by atoms with van der Waals surface area (Å²) in [5.41, 5.74) is 0.286. The minimum Gasteiger partial charge on any atom is -0.192 e. The van der Waals surface area contributed by atoms with Gasteiger partial charge in [0.1, 0.15) is 17.0 Å². The van der Waals surface area contributed by atoms with Gasteiger partial charge in [0.25, 0.3) is 0 Å². The van der Waals surface area contributed by atoms with Crippen LogP contribution in [0.25, 0.3) is 0 Å². The van der Waals surface area contributed by atoms with Crippen LogP contribution in [0, 0.1) is 22.7 Å². The van der Waals surface area contributed by atoms with Crippen molar-refractivity contribution in [3.05, 3.63) is 20.8 Å². The van der Waals surface area contributed by atoms with Crippen LogP contribution in [0.5, 0.6) is 0 Å². The molecule has 4 heteroatoms. The van der Waals surface area contributed by atoms with Crippen LogP contribution in [0.3, 0.4) is 0 Å². The SMILES string of the molecule is N#Cc1scc(Cl)c1C#N. The summed E-state index contributed by atoms with van der Waals surface area (Å²) < 4.78 is 0. The van der Waals surface area contributed by atoms with Crippen molar-refractivity contribution in [1.82, 2.24) is 0 Å². The van der Waals surface area contributed by atoms with Gasteiger partial charge in [-0.25, -0.2) is 0 Å². The third kappa shape index (κ3) is 0.974. The quantitative estimate of drug-likeness (QED) is 0.596. The Morgan fingerprint density at radius 2 is 2.10 bits per heavy atom. The van der Waals surface area contributed by atoms with Gasteiger partial charge in [-0.3, -0.25) is 0 Å². The Morgan fingerprint density at radius 1 is 1.40 bits per heavy atom. The fraction of sp³-hybridized carbons (Fsp3) is 0. The maximum atomic E-state index is 8.44. The van der Waals surface area contributed by atoms with Gasteiger partial charge < -0.3 is 0 Å². The van der Waals surface area contributed by atoms with Crippen LogP contribution in [-0.4, -0.2) is 0 Å². The molecule has 0 saturated carbocycles. The van der Waals surface area contributed by atoms with Crippen molar-refractivity contribution in [2.45, 2.75) is 0 Å². The van der Waals surface area contributed by atoms with E-state index >= 15 is 0 Å². The monoisotopic (exact) mass is 168 g/mol. The van der Waals surface area contributed by atoms with Gasteiger partial charge in [0, 0.05) is 5.38 Å². The van der Waals surface area contributed by atoms with Gasteiger partial charge in [-0.2, -0.15) is 10.5 Å². The molecule has 1 heterocycles. The Labute approximate surface area is 66.9 Å². The minimum absolute atomic E-state index is 0.286. The summed E-state index contributed by atoms with van der Waals surface area (Å²) >= 11 is 6.75. The molecule has 0 saturated heterocycles. The summed E-state index contributed by atoms with van der Waals surface area (Å²) in [5, 5.41) is 18.8. The van der Waals surface area contributed by atoms with Crippen LogP contribution < -0.4 is 0 Å². The van der Waals surface area contributed by atoms with Crippen molar-refractivity contribution in [1.29, 1.82) is 10.5 Å². The lowest BCUT2D eigenvalue weighted by atomic mass is 10.3. The molecule has 0 aromatic carbocycles. The van der Waals surface area contributed by atoms with Crippen molar-refractivity contribution in [3.63, 3.8) is 0 Å². The standard InChI is InChI=1S/C6HClN2S/c7-5-3-10-6(2-9)4(5)1-8/h3H. The summed E-state index contributed by atoms with van der Waals surface area (Å²) in [6.07, 6.45) is 0. The zero-order chi connectivity index (χ0) is 7.56. The second-order valence-electron chi connectivity index (χ2n) is 1.51. The number of halogens is 1. The van der Waals surface area contributed by atoms with Crippen LogP contribution in [0.2, 0.25) is 5.02 Å². The molecular formula is C6HClN2S. The molecule has 0 bridgehead atoms. The molecule has 0 aliphatic carbocycles. The van der Waals surface area contributed by atoms with Gasteiger partial charge in [-0.15, -0.1) is 11.3 Å². The molecule has 0 atom stereocenters. The Balaban J connectivity index is 3.34. The molecule has 0 amide bonds. The topological polar surface area (TPSA) is 47.6 Å². The van der Waals surface area contributed by atoms with Crippen molar-refractivity contribution in [2.75, 3.05) is 0 Å². The molecule has 0 spiro atoms. The van der Waals surface area contributed by atoms with Gasteiger partial charge in [0.15, 0.2) is 0 Å². The molecule has 1 aromatic rings. The summed E-state index contributed by atoms with van der Waals surface area (Å²) in [4.78, 5) is 0.382. The van der Waals surface area contributed by atoms with Gasteiger partial charge in [-0.1, -0.05) is 11.6 Å². The molecule has 0 unspecified atom stereocenters. The first-order valence-electron chi connectivity index (χ1n) is 2.36. The van der Waals surface area contributed by atoms with Crippen molar-refractivity contribution in [2.24, 2.45) is 0 Å². The first-order valence-corrected chi connectivity index (χ1v) is 3.62. The molecule has 10 heavy (non-hydrogen) atoms. The average Bonchev–Trinajstić information content (AvgIpc) is 2.30. The molecule has 0 aliphatic rings. The highest BCUT2D eigenvalue weighted by Gasteiger charge is 2.07. The highest BCUT2D eigenvalue weighted by Crippen LogP contribution is 2.24. The molecule has 1 rings (SSSR count). The molecule has 2 nitrogen and oxygen atoms in total. The van der Waals surface area contributed by atoms with E-state index in [4.69, 9.17) is 22.1 Å². The zero-order valence-electron chi connectivity index (χ0n) is 4.76. The van der Waals surface area contributed by atoms with E-state index in [2.05, 4.69) is 0 Å². The van der Waals surface area contributed by atoms with Gasteiger partial charge in [-0.05, 0) is 0 Å². The van der Waals surface area contributed by atoms with Crippen LogP contribution in [-0.2, 0) is 0 Å². The second-order valence-corrected chi connectivity index (χ2v) is 2.80. The Hall–Kier alpha value is -1.03. The lowest BCUT2D eigenvalue weighted by Gasteiger charge is -1.79. The lowest BCUT2D eigenvalue weighted by Crippen LogP contribution is -1.71. The van der Waals surface area contributed by atoms with E-state index < -0.39 is 0 Å². The molecule has 0 N–H and O–H groups in total. The van der Waals surface area contributed by atoms with Gasteiger partial charge in [0.2, 0.25) is 0 Å². The maximum Gasteiger partial charge on any atom is 0.124 e. The fourth-order valence-corrected chi connectivity index (χ4v) is 1.52. The number of nitrogens with zero attached hydrogens (tertiary/aromatic N) is 2. The van der Waals surface area contributed by atoms with E-state index in [9.17, 15) is 0 Å². The van der Waals surface area contributed by atoms with E-state index in [0.717, 1.165) is 0 Å². The van der Waals surface area contributed by atoms with E-state index in [1.54, 1.807) is 5.38 Å².